The molecule has 3 rings (SSSR count). The molecule has 0 aromatic heterocycles. The monoisotopic (exact) mass is 379 g/mol. The number of halogens is 3. The van der Waals surface area contributed by atoms with Gasteiger partial charge in [-0.1, -0.05) is 6.07 Å². The van der Waals surface area contributed by atoms with E-state index in [2.05, 4.69) is 5.32 Å². The second kappa shape index (κ2) is 6.82. The maximum absolute atomic E-state index is 12.8. The smallest absolute Gasteiger partial charge is 0.416 e. The van der Waals surface area contributed by atoms with Crippen LogP contribution in [-0.4, -0.2) is 29.7 Å². The van der Waals surface area contributed by atoms with Crippen LogP contribution >= 0.6 is 0 Å². The molecule has 9 heteroatoms. The standard InChI is InChI=1S/C18H16F3N3O3/c19-18(20,21)10-4-6-12(7-5-10)24-9-11(23-17(26)27)8-14-13(16(22)25)2-1-3-15(14)24/h1-7,11,23H,8-9H2,(H2,22,25)(H,26,27). The molecule has 4 N–H and O–H groups in total. The van der Waals surface area contributed by atoms with Crippen molar-refractivity contribution in [3.05, 3.63) is 59.2 Å². The lowest BCUT2D eigenvalue weighted by Gasteiger charge is -2.37. The zero-order valence-electron chi connectivity index (χ0n) is 14.0. The van der Waals surface area contributed by atoms with Crippen LogP contribution in [-0.2, 0) is 12.6 Å². The summed E-state index contributed by atoms with van der Waals surface area (Å²) in [7, 11) is 0. The second-order valence-electron chi connectivity index (χ2n) is 6.17. The van der Waals surface area contributed by atoms with E-state index in [-0.39, 0.29) is 18.5 Å². The molecule has 27 heavy (non-hydrogen) atoms. The van der Waals surface area contributed by atoms with Crippen molar-refractivity contribution in [2.45, 2.75) is 18.6 Å². The fourth-order valence-electron chi connectivity index (χ4n) is 3.25. The van der Waals surface area contributed by atoms with Crippen LogP contribution in [0.2, 0.25) is 0 Å². The first-order valence-electron chi connectivity index (χ1n) is 8.03. The Morgan fingerprint density at radius 3 is 2.37 bits per heavy atom. The van der Waals surface area contributed by atoms with Gasteiger partial charge in [-0.25, -0.2) is 4.79 Å². The van der Waals surface area contributed by atoms with Crippen LogP contribution in [0.1, 0.15) is 21.5 Å². The molecule has 0 fully saturated rings. The van der Waals surface area contributed by atoms with Crippen LogP contribution in [0.3, 0.4) is 0 Å². The molecule has 0 saturated heterocycles. The van der Waals surface area contributed by atoms with Crippen LogP contribution in [0.4, 0.5) is 29.3 Å². The zero-order valence-corrected chi connectivity index (χ0v) is 14.0. The van der Waals surface area contributed by atoms with Crippen LogP contribution in [0, 0.1) is 0 Å². The van der Waals surface area contributed by atoms with Crippen molar-refractivity contribution in [2.24, 2.45) is 5.73 Å². The summed E-state index contributed by atoms with van der Waals surface area (Å²) in [5.41, 5.74) is 6.49. The third kappa shape index (κ3) is 3.81. The quantitative estimate of drug-likeness (QED) is 0.764. The fraction of sp³-hybridized carbons (Fsp3) is 0.222. The first-order valence-corrected chi connectivity index (χ1v) is 8.03. The van der Waals surface area contributed by atoms with E-state index in [1.165, 1.54) is 18.2 Å². The highest BCUT2D eigenvalue weighted by Crippen LogP contribution is 2.37. The lowest BCUT2D eigenvalue weighted by molar-refractivity contribution is -0.137. The van der Waals surface area contributed by atoms with Gasteiger partial charge < -0.3 is 21.1 Å². The summed E-state index contributed by atoms with van der Waals surface area (Å²) in [5.74, 6) is -0.657. The number of benzene rings is 2. The zero-order chi connectivity index (χ0) is 19.8. The summed E-state index contributed by atoms with van der Waals surface area (Å²) >= 11 is 0. The number of nitrogens with zero attached hydrogens (tertiary/aromatic N) is 1. The number of carbonyl (C=O) groups excluding carboxylic acids is 1. The third-order valence-electron chi connectivity index (χ3n) is 4.39. The number of primary amides is 1. The molecule has 1 unspecified atom stereocenters. The summed E-state index contributed by atoms with van der Waals surface area (Å²) < 4.78 is 38.4. The van der Waals surface area contributed by atoms with Crippen molar-refractivity contribution in [3.63, 3.8) is 0 Å². The van der Waals surface area contributed by atoms with Gasteiger partial charge in [-0.2, -0.15) is 13.2 Å². The van der Waals surface area contributed by atoms with Gasteiger partial charge in [0.1, 0.15) is 0 Å². The Kier molecular flexibility index (Phi) is 4.69. The maximum Gasteiger partial charge on any atom is 0.416 e. The predicted octanol–water partition coefficient (Wildman–Crippen LogP) is 3.13. The molecule has 142 valence electrons. The number of anilines is 2. The Morgan fingerprint density at radius 2 is 1.81 bits per heavy atom. The van der Waals surface area contributed by atoms with Crippen molar-refractivity contribution in [1.82, 2.24) is 5.32 Å². The van der Waals surface area contributed by atoms with E-state index in [0.29, 0.717) is 16.9 Å². The number of hydrogen-bond donors (Lipinski definition) is 3. The van der Waals surface area contributed by atoms with Gasteiger partial charge in [0.2, 0.25) is 5.91 Å². The lowest BCUT2D eigenvalue weighted by Crippen LogP contribution is -2.47. The number of rotatable bonds is 3. The molecule has 1 heterocycles. The molecule has 0 saturated carbocycles. The molecule has 1 aliphatic heterocycles. The third-order valence-corrected chi connectivity index (χ3v) is 4.39. The van der Waals surface area contributed by atoms with Crippen molar-refractivity contribution in [3.8, 4) is 0 Å². The van der Waals surface area contributed by atoms with Crippen LogP contribution in [0.25, 0.3) is 0 Å². The van der Waals surface area contributed by atoms with Gasteiger partial charge >= 0.3 is 12.3 Å². The van der Waals surface area contributed by atoms with Gasteiger partial charge in [0.25, 0.3) is 0 Å². The van der Waals surface area contributed by atoms with Gasteiger partial charge in [0, 0.05) is 23.5 Å². The highest BCUT2D eigenvalue weighted by molar-refractivity contribution is 5.96. The summed E-state index contributed by atoms with van der Waals surface area (Å²) in [6, 6.07) is 8.87. The molecule has 1 aliphatic rings. The first-order chi connectivity index (χ1) is 12.7. The minimum absolute atomic E-state index is 0.201. The Labute approximate surface area is 152 Å². The number of amides is 2. The maximum atomic E-state index is 12.8. The summed E-state index contributed by atoms with van der Waals surface area (Å²) in [6.07, 6.45) is -5.43. The number of fused-ring (bicyclic) bond motifs is 1. The highest BCUT2D eigenvalue weighted by atomic mass is 19.4. The van der Waals surface area contributed by atoms with Gasteiger partial charge in [-0.3, -0.25) is 4.79 Å². The summed E-state index contributed by atoms with van der Waals surface area (Å²) in [5, 5.41) is 11.4. The van der Waals surface area contributed by atoms with E-state index in [1.807, 2.05) is 0 Å². The lowest BCUT2D eigenvalue weighted by atomic mass is 9.92. The van der Waals surface area contributed by atoms with Gasteiger partial charge in [-0.05, 0) is 48.4 Å². The Morgan fingerprint density at radius 1 is 1.15 bits per heavy atom. The molecule has 0 bridgehead atoms. The van der Waals surface area contributed by atoms with E-state index in [0.717, 1.165) is 12.1 Å². The largest absolute Gasteiger partial charge is 0.465 e. The fourth-order valence-corrected chi connectivity index (χ4v) is 3.25. The molecule has 2 amide bonds. The van der Waals surface area contributed by atoms with Gasteiger partial charge in [-0.15, -0.1) is 0 Å². The topological polar surface area (TPSA) is 95.7 Å². The summed E-state index contributed by atoms with van der Waals surface area (Å²) in [4.78, 5) is 24.5. The summed E-state index contributed by atoms with van der Waals surface area (Å²) in [6.45, 7) is 0.201. The van der Waals surface area contributed by atoms with E-state index in [9.17, 15) is 22.8 Å². The Balaban J connectivity index is 2.05. The Bertz CT molecular complexity index is 882. The molecule has 1 atom stereocenters. The number of hydrogen-bond acceptors (Lipinski definition) is 3. The van der Waals surface area contributed by atoms with Gasteiger partial charge in [0.15, 0.2) is 0 Å². The molecule has 6 nitrogen and oxygen atoms in total. The van der Waals surface area contributed by atoms with Crippen molar-refractivity contribution in [2.75, 3.05) is 11.4 Å². The van der Waals surface area contributed by atoms with Crippen molar-refractivity contribution >= 4 is 23.4 Å². The van der Waals surface area contributed by atoms with Crippen LogP contribution < -0.4 is 16.0 Å². The molecule has 0 radical (unpaired) electrons. The predicted molar refractivity (Wildman–Crippen MR) is 92.1 cm³/mol. The van der Waals surface area contributed by atoms with E-state index in [4.69, 9.17) is 10.8 Å². The van der Waals surface area contributed by atoms with Crippen molar-refractivity contribution in [1.29, 1.82) is 0 Å². The SMILES string of the molecule is NC(=O)c1cccc2c1CC(NC(=O)O)CN2c1ccc(C(F)(F)F)cc1. The first kappa shape index (κ1) is 18.6. The second-order valence-corrected chi connectivity index (χ2v) is 6.17. The molecule has 0 aliphatic carbocycles. The Hall–Kier alpha value is -3.23. The van der Waals surface area contributed by atoms with E-state index in [1.54, 1.807) is 17.0 Å². The number of carbonyl (C=O) groups is 2. The van der Waals surface area contributed by atoms with Crippen molar-refractivity contribution < 1.29 is 27.9 Å². The molecule has 0 spiro atoms. The average molecular weight is 379 g/mol. The minimum Gasteiger partial charge on any atom is -0.465 e. The number of nitrogens with one attached hydrogen (secondary N) is 1. The minimum atomic E-state index is -4.45. The normalized spacial score (nSPS) is 16.6. The van der Waals surface area contributed by atoms with E-state index < -0.39 is 29.8 Å². The van der Waals surface area contributed by atoms with Crippen LogP contribution in [0.5, 0.6) is 0 Å². The van der Waals surface area contributed by atoms with E-state index >= 15 is 0 Å². The number of alkyl halides is 3. The molecule has 2 aromatic carbocycles. The average Bonchev–Trinajstić information content (AvgIpc) is 2.59. The van der Waals surface area contributed by atoms with Gasteiger partial charge in [0.05, 0.1) is 11.6 Å². The molecule has 2 aromatic rings. The molecular weight excluding hydrogens is 363 g/mol. The molecular formula is C18H16F3N3O3. The number of nitrogens with two attached hydrogens (primary N) is 1. The highest BCUT2D eigenvalue weighted by Gasteiger charge is 2.32. The number of carboxylic acid groups (broad SMARTS) is 1. The van der Waals surface area contributed by atoms with Crippen LogP contribution in [0.15, 0.2) is 42.5 Å².